The van der Waals surface area contributed by atoms with Crippen molar-refractivity contribution in [3.8, 4) is 0 Å². The van der Waals surface area contributed by atoms with Crippen LogP contribution in [0.2, 0.25) is 0 Å². The lowest BCUT2D eigenvalue weighted by Gasteiger charge is -2.19. The van der Waals surface area contributed by atoms with E-state index in [2.05, 4.69) is 0 Å². The summed E-state index contributed by atoms with van der Waals surface area (Å²) < 4.78 is 24.8. The van der Waals surface area contributed by atoms with Crippen LogP contribution in [0.5, 0.6) is 0 Å². The molecule has 1 aromatic rings. The normalized spacial score (nSPS) is 20.4. The number of benzene rings is 1. The molecule has 1 heterocycles. The Morgan fingerprint density at radius 2 is 2.12 bits per heavy atom. The number of nitrogens with zero attached hydrogens (tertiary/aromatic N) is 1. The lowest BCUT2D eigenvalue weighted by molar-refractivity contribution is -0.118. The quantitative estimate of drug-likeness (QED) is 0.844. The molecule has 2 rings (SSSR count). The maximum Gasteiger partial charge on any atom is 0.288 e. The fourth-order valence-corrected chi connectivity index (χ4v) is 2.47. The highest BCUT2D eigenvalue weighted by Gasteiger charge is 2.31. The molecule has 2 N–H and O–H groups in total. The van der Waals surface area contributed by atoms with Crippen LogP contribution in [0.3, 0.4) is 0 Å². The molecule has 0 aliphatic carbocycles. The van der Waals surface area contributed by atoms with Crippen molar-refractivity contribution in [3.63, 3.8) is 0 Å². The van der Waals surface area contributed by atoms with Crippen LogP contribution >= 0.6 is 11.8 Å². The highest BCUT2D eigenvalue weighted by Crippen LogP contribution is 2.35. The number of thioether (sulfide) groups is 1. The van der Waals surface area contributed by atoms with Gasteiger partial charge in [-0.05, 0) is 18.6 Å². The zero-order valence-corrected chi connectivity index (χ0v) is 9.79. The van der Waals surface area contributed by atoms with Gasteiger partial charge in [0.25, 0.3) is 5.76 Å². The summed E-state index contributed by atoms with van der Waals surface area (Å²) in [6.07, 6.45) is 0.562. The van der Waals surface area contributed by atoms with Gasteiger partial charge in [0.2, 0.25) is 5.91 Å². The molecule has 3 nitrogen and oxygen atoms in total. The molecule has 17 heavy (non-hydrogen) atoms. The molecule has 1 amide bonds. The number of rotatable bonds is 3. The van der Waals surface area contributed by atoms with E-state index in [-0.39, 0.29) is 5.91 Å². The van der Waals surface area contributed by atoms with Gasteiger partial charge in [-0.2, -0.15) is 8.78 Å². The number of amides is 1. The first-order chi connectivity index (χ1) is 8.09. The zero-order chi connectivity index (χ0) is 12.4. The molecule has 1 aliphatic rings. The number of nitrogens with two attached hydrogens (primary N) is 1. The molecule has 1 aromatic carbocycles. The summed E-state index contributed by atoms with van der Waals surface area (Å²) in [4.78, 5) is 13.6. The monoisotopic (exact) mass is 258 g/mol. The predicted molar refractivity (Wildman–Crippen MR) is 63.2 cm³/mol. The standard InChI is InChI=1S/C11H12F2N2OS/c12-11(13)17-9-4-2-1-3-8(9)15-6-5-7(14)10(15)16/h1-4,7,11H,5-6,14H2. The van der Waals surface area contributed by atoms with Crippen molar-refractivity contribution in [3.05, 3.63) is 24.3 Å². The summed E-state index contributed by atoms with van der Waals surface area (Å²) in [6, 6.07) is 6.14. The van der Waals surface area contributed by atoms with Crippen LogP contribution in [-0.2, 0) is 4.79 Å². The van der Waals surface area contributed by atoms with E-state index in [0.717, 1.165) is 0 Å². The molecule has 0 radical (unpaired) electrons. The highest BCUT2D eigenvalue weighted by molar-refractivity contribution is 7.99. The largest absolute Gasteiger partial charge is 0.320 e. The van der Waals surface area contributed by atoms with E-state index in [0.29, 0.717) is 35.3 Å². The molecule has 1 fully saturated rings. The van der Waals surface area contributed by atoms with Gasteiger partial charge >= 0.3 is 0 Å². The SMILES string of the molecule is NC1CCN(c2ccccc2SC(F)F)C1=O. The Bertz CT molecular complexity index is 428. The summed E-state index contributed by atoms with van der Waals surface area (Å²) in [7, 11) is 0. The second-order valence-electron chi connectivity index (χ2n) is 3.73. The molecule has 0 spiro atoms. The first-order valence-electron chi connectivity index (χ1n) is 5.20. The van der Waals surface area contributed by atoms with Gasteiger partial charge in [0.05, 0.1) is 11.7 Å². The van der Waals surface area contributed by atoms with E-state index in [4.69, 9.17) is 5.73 Å². The molecular weight excluding hydrogens is 246 g/mol. The number of carbonyl (C=O) groups is 1. The molecule has 1 saturated heterocycles. The van der Waals surface area contributed by atoms with Gasteiger partial charge in [-0.15, -0.1) is 0 Å². The van der Waals surface area contributed by atoms with E-state index >= 15 is 0 Å². The van der Waals surface area contributed by atoms with Crippen LogP contribution in [0.25, 0.3) is 0 Å². The van der Waals surface area contributed by atoms with Gasteiger partial charge in [0, 0.05) is 11.4 Å². The Labute approximate surface area is 102 Å². The number of hydrogen-bond acceptors (Lipinski definition) is 3. The number of alkyl halides is 2. The average molecular weight is 258 g/mol. The zero-order valence-electron chi connectivity index (χ0n) is 8.98. The molecule has 1 atom stereocenters. The Morgan fingerprint density at radius 3 is 2.71 bits per heavy atom. The molecule has 1 aliphatic heterocycles. The van der Waals surface area contributed by atoms with Gasteiger partial charge in [0.15, 0.2) is 0 Å². The van der Waals surface area contributed by atoms with E-state index in [1.54, 1.807) is 24.3 Å². The predicted octanol–water partition coefficient (Wildman–Crippen LogP) is 2.07. The van der Waals surface area contributed by atoms with E-state index in [1.165, 1.54) is 4.90 Å². The molecule has 0 aromatic heterocycles. The van der Waals surface area contributed by atoms with Crippen LogP contribution in [0.15, 0.2) is 29.2 Å². The Balaban J connectivity index is 2.29. The summed E-state index contributed by atoms with van der Waals surface area (Å²) in [5.41, 5.74) is 6.14. The smallest absolute Gasteiger partial charge is 0.288 e. The number of carbonyl (C=O) groups excluding carboxylic acids is 1. The van der Waals surface area contributed by atoms with Crippen LogP contribution in [-0.4, -0.2) is 24.3 Å². The van der Waals surface area contributed by atoms with Crippen molar-refractivity contribution in [1.29, 1.82) is 0 Å². The second kappa shape index (κ2) is 5.01. The minimum Gasteiger partial charge on any atom is -0.320 e. The van der Waals surface area contributed by atoms with Gasteiger partial charge in [-0.1, -0.05) is 23.9 Å². The maximum atomic E-state index is 12.4. The minimum absolute atomic E-state index is 0.202. The first kappa shape index (κ1) is 12.3. The topological polar surface area (TPSA) is 46.3 Å². The van der Waals surface area contributed by atoms with E-state index < -0.39 is 11.8 Å². The van der Waals surface area contributed by atoms with Gasteiger partial charge < -0.3 is 10.6 Å². The fourth-order valence-electron chi connectivity index (χ4n) is 1.82. The number of anilines is 1. The summed E-state index contributed by atoms with van der Waals surface area (Å²) >= 11 is 0.447. The van der Waals surface area contributed by atoms with E-state index in [9.17, 15) is 13.6 Å². The molecule has 1 unspecified atom stereocenters. The maximum absolute atomic E-state index is 12.4. The fraction of sp³-hybridized carbons (Fsp3) is 0.364. The van der Waals surface area contributed by atoms with Gasteiger partial charge in [-0.25, -0.2) is 0 Å². The Kier molecular flexibility index (Phi) is 3.63. The highest BCUT2D eigenvalue weighted by atomic mass is 32.2. The lowest BCUT2D eigenvalue weighted by Crippen LogP contribution is -2.34. The van der Waals surface area contributed by atoms with Crippen molar-refractivity contribution >= 4 is 23.4 Å². The van der Waals surface area contributed by atoms with Crippen LogP contribution in [0, 0.1) is 0 Å². The third kappa shape index (κ3) is 2.58. The van der Waals surface area contributed by atoms with Gasteiger partial charge in [0.1, 0.15) is 0 Å². The third-order valence-electron chi connectivity index (χ3n) is 2.62. The number of halogens is 2. The summed E-state index contributed by atoms with van der Waals surface area (Å²) in [5, 5.41) is 0. The minimum atomic E-state index is -2.50. The Hall–Kier alpha value is -1.14. The molecule has 6 heteroatoms. The first-order valence-corrected chi connectivity index (χ1v) is 6.08. The number of para-hydroxylation sites is 1. The van der Waals surface area contributed by atoms with E-state index in [1.807, 2.05) is 0 Å². The van der Waals surface area contributed by atoms with Crippen molar-refractivity contribution in [2.24, 2.45) is 5.73 Å². The lowest BCUT2D eigenvalue weighted by atomic mass is 10.3. The molecule has 0 bridgehead atoms. The van der Waals surface area contributed by atoms with Crippen LogP contribution in [0.1, 0.15) is 6.42 Å². The number of hydrogen-bond donors (Lipinski definition) is 1. The summed E-state index contributed by atoms with van der Waals surface area (Å²) in [6.45, 7) is 0.487. The molecule has 0 saturated carbocycles. The average Bonchev–Trinajstić information content (AvgIpc) is 2.60. The third-order valence-corrected chi connectivity index (χ3v) is 3.40. The van der Waals surface area contributed by atoms with Crippen molar-refractivity contribution in [2.45, 2.75) is 23.1 Å². The van der Waals surface area contributed by atoms with Crippen LogP contribution in [0.4, 0.5) is 14.5 Å². The van der Waals surface area contributed by atoms with Crippen molar-refractivity contribution in [2.75, 3.05) is 11.4 Å². The van der Waals surface area contributed by atoms with Crippen molar-refractivity contribution in [1.82, 2.24) is 0 Å². The Morgan fingerprint density at radius 1 is 1.41 bits per heavy atom. The van der Waals surface area contributed by atoms with Crippen molar-refractivity contribution < 1.29 is 13.6 Å². The van der Waals surface area contributed by atoms with Crippen LogP contribution < -0.4 is 10.6 Å². The second-order valence-corrected chi connectivity index (χ2v) is 4.76. The molecular formula is C11H12F2N2OS. The van der Waals surface area contributed by atoms with Gasteiger partial charge in [-0.3, -0.25) is 4.79 Å². The molecule has 92 valence electrons. The summed E-state index contributed by atoms with van der Waals surface area (Å²) in [5.74, 6) is -2.70.